The highest BCUT2D eigenvalue weighted by Gasteiger charge is 2.03. The summed E-state index contributed by atoms with van der Waals surface area (Å²) in [5.41, 5.74) is 0.404. The molecule has 0 saturated carbocycles. The summed E-state index contributed by atoms with van der Waals surface area (Å²) in [6, 6.07) is 1.90. The number of nitriles is 1. The smallest absolute Gasteiger partial charge is 0.110 e. The standard InChI is InChI=1S/C7H7NO/c8-5-6-3-1-2-4-7(6)9/h1,3,9H,2,4H2. The number of hydrogen-bond acceptors (Lipinski definition) is 2. The molecule has 0 fully saturated rings. The van der Waals surface area contributed by atoms with Crippen LogP contribution in [0.1, 0.15) is 12.8 Å². The van der Waals surface area contributed by atoms with Gasteiger partial charge in [-0.1, -0.05) is 6.08 Å². The maximum atomic E-state index is 8.97. The third-order valence-electron chi connectivity index (χ3n) is 1.26. The highest BCUT2D eigenvalue weighted by atomic mass is 16.3. The van der Waals surface area contributed by atoms with Crippen LogP contribution in [0.25, 0.3) is 0 Å². The van der Waals surface area contributed by atoms with Gasteiger partial charge in [0.15, 0.2) is 0 Å². The minimum absolute atomic E-state index is 0.222. The van der Waals surface area contributed by atoms with Gasteiger partial charge in [0.25, 0.3) is 0 Å². The molecule has 0 heterocycles. The van der Waals surface area contributed by atoms with E-state index in [4.69, 9.17) is 10.4 Å². The van der Waals surface area contributed by atoms with Crippen LogP contribution >= 0.6 is 0 Å². The summed E-state index contributed by atoms with van der Waals surface area (Å²) in [7, 11) is 0. The molecule has 0 amide bonds. The topological polar surface area (TPSA) is 44.0 Å². The van der Waals surface area contributed by atoms with E-state index in [-0.39, 0.29) is 5.76 Å². The van der Waals surface area contributed by atoms with Crippen LogP contribution in [0.4, 0.5) is 0 Å². The molecule has 0 aromatic heterocycles. The Morgan fingerprint density at radius 3 is 2.89 bits per heavy atom. The van der Waals surface area contributed by atoms with Gasteiger partial charge in [-0.25, -0.2) is 0 Å². The van der Waals surface area contributed by atoms with Gasteiger partial charge in [0, 0.05) is 6.42 Å². The lowest BCUT2D eigenvalue weighted by Gasteiger charge is -2.02. The number of aliphatic hydroxyl groups excluding tert-OH is 1. The first kappa shape index (κ1) is 5.90. The van der Waals surface area contributed by atoms with E-state index < -0.39 is 0 Å². The number of allylic oxidation sites excluding steroid dienone is 4. The van der Waals surface area contributed by atoms with Crippen molar-refractivity contribution in [1.82, 2.24) is 0 Å². The fourth-order valence-corrected chi connectivity index (χ4v) is 0.754. The van der Waals surface area contributed by atoms with E-state index in [9.17, 15) is 0 Å². The van der Waals surface area contributed by atoms with Gasteiger partial charge >= 0.3 is 0 Å². The summed E-state index contributed by atoms with van der Waals surface area (Å²) in [6.45, 7) is 0. The predicted octanol–water partition coefficient (Wildman–Crippen LogP) is 1.67. The van der Waals surface area contributed by atoms with Crippen LogP contribution < -0.4 is 0 Å². The van der Waals surface area contributed by atoms with Crippen molar-refractivity contribution >= 4 is 0 Å². The lowest BCUT2D eigenvalue weighted by Crippen LogP contribution is -1.90. The zero-order valence-corrected chi connectivity index (χ0v) is 4.96. The minimum atomic E-state index is 0.222. The Bertz CT molecular complexity index is 207. The molecular weight excluding hydrogens is 114 g/mol. The molecule has 0 bridgehead atoms. The van der Waals surface area contributed by atoms with Crippen molar-refractivity contribution in [1.29, 1.82) is 5.26 Å². The Hall–Kier alpha value is -1.23. The summed E-state index contributed by atoms with van der Waals surface area (Å²) < 4.78 is 0. The molecule has 9 heavy (non-hydrogen) atoms. The van der Waals surface area contributed by atoms with Crippen molar-refractivity contribution in [2.24, 2.45) is 0 Å². The van der Waals surface area contributed by atoms with Crippen LogP contribution in [0.15, 0.2) is 23.5 Å². The fraction of sp³-hybridized carbons (Fsp3) is 0.286. The summed E-state index contributed by atoms with van der Waals surface area (Å²) in [4.78, 5) is 0. The summed E-state index contributed by atoms with van der Waals surface area (Å²) in [5, 5.41) is 17.3. The maximum Gasteiger partial charge on any atom is 0.110 e. The van der Waals surface area contributed by atoms with Crippen molar-refractivity contribution < 1.29 is 5.11 Å². The van der Waals surface area contributed by atoms with Crippen LogP contribution in [0.3, 0.4) is 0 Å². The Kier molecular flexibility index (Phi) is 1.55. The average Bonchev–Trinajstić information content (AvgIpc) is 1.89. The van der Waals surface area contributed by atoms with E-state index in [0.29, 0.717) is 12.0 Å². The van der Waals surface area contributed by atoms with Gasteiger partial charge in [0.05, 0.1) is 5.57 Å². The second kappa shape index (κ2) is 2.36. The SMILES string of the molecule is N#CC1=C(O)CCC=C1. The third-order valence-corrected chi connectivity index (χ3v) is 1.26. The van der Waals surface area contributed by atoms with E-state index in [1.807, 2.05) is 12.1 Å². The molecule has 0 atom stereocenters. The molecule has 0 aromatic rings. The van der Waals surface area contributed by atoms with E-state index in [2.05, 4.69) is 0 Å². The van der Waals surface area contributed by atoms with Gasteiger partial charge in [0.1, 0.15) is 11.8 Å². The third kappa shape index (κ3) is 1.11. The molecule has 0 spiro atoms. The summed E-state index contributed by atoms with van der Waals surface area (Å²) in [6.07, 6.45) is 4.99. The first-order valence-electron chi connectivity index (χ1n) is 2.83. The van der Waals surface area contributed by atoms with Crippen LogP contribution in [0, 0.1) is 11.3 Å². The maximum absolute atomic E-state index is 8.97. The lowest BCUT2D eigenvalue weighted by atomic mass is 10.1. The van der Waals surface area contributed by atoms with Crippen LogP contribution in [-0.2, 0) is 0 Å². The number of nitrogens with zero attached hydrogens (tertiary/aromatic N) is 1. The molecule has 1 rings (SSSR count). The van der Waals surface area contributed by atoms with Crippen molar-refractivity contribution in [3.8, 4) is 6.07 Å². The zero-order valence-electron chi connectivity index (χ0n) is 4.96. The highest BCUT2D eigenvalue weighted by molar-refractivity contribution is 5.37. The lowest BCUT2D eigenvalue weighted by molar-refractivity contribution is 0.384. The van der Waals surface area contributed by atoms with Crippen LogP contribution in [0.5, 0.6) is 0 Å². The van der Waals surface area contributed by atoms with Crippen molar-refractivity contribution in [2.75, 3.05) is 0 Å². The molecule has 1 N–H and O–H groups in total. The Labute approximate surface area is 53.7 Å². The number of hydrogen-bond donors (Lipinski definition) is 1. The quantitative estimate of drug-likeness (QED) is 0.529. The van der Waals surface area contributed by atoms with Gasteiger partial charge < -0.3 is 5.11 Å². The van der Waals surface area contributed by atoms with E-state index in [1.165, 1.54) is 0 Å². The Morgan fingerprint density at radius 2 is 2.44 bits per heavy atom. The van der Waals surface area contributed by atoms with Gasteiger partial charge in [-0.15, -0.1) is 0 Å². The number of rotatable bonds is 0. The molecule has 1 aliphatic carbocycles. The molecule has 0 aliphatic heterocycles. The Morgan fingerprint density at radius 1 is 1.67 bits per heavy atom. The average molecular weight is 121 g/mol. The molecule has 0 unspecified atom stereocenters. The van der Waals surface area contributed by atoms with Crippen LogP contribution in [0.2, 0.25) is 0 Å². The van der Waals surface area contributed by atoms with Crippen molar-refractivity contribution in [3.63, 3.8) is 0 Å². The molecule has 0 saturated heterocycles. The van der Waals surface area contributed by atoms with E-state index >= 15 is 0 Å². The second-order valence-corrected chi connectivity index (χ2v) is 1.91. The highest BCUT2D eigenvalue weighted by Crippen LogP contribution is 2.14. The molecule has 0 aromatic carbocycles. The van der Waals surface area contributed by atoms with Gasteiger partial charge in [0.2, 0.25) is 0 Å². The largest absolute Gasteiger partial charge is 0.511 e. The monoisotopic (exact) mass is 121 g/mol. The summed E-state index contributed by atoms with van der Waals surface area (Å²) in [5.74, 6) is 0.222. The zero-order chi connectivity index (χ0) is 6.69. The van der Waals surface area contributed by atoms with Gasteiger partial charge in [-0.2, -0.15) is 5.26 Å². The molecule has 2 heteroatoms. The normalized spacial score (nSPS) is 17.7. The molecular formula is C7H7NO. The first-order valence-corrected chi connectivity index (χ1v) is 2.83. The van der Waals surface area contributed by atoms with Gasteiger partial charge in [-0.3, -0.25) is 0 Å². The molecule has 2 nitrogen and oxygen atoms in total. The molecule has 1 aliphatic rings. The molecule has 0 radical (unpaired) electrons. The minimum Gasteiger partial charge on any atom is -0.511 e. The predicted molar refractivity (Wildman–Crippen MR) is 33.6 cm³/mol. The molecule has 46 valence electrons. The van der Waals surface area contributed by atoms with Gasteiger partial charge in [-0.05, 0) is 12.5 Å². The van der Waals surface area contributed by atoms with Crippen molar-refractivity contribution in [3.05, 3.63) is 23.5 Å². The summed E-state index contributed by atoms with van der Waals surface area (Å²) >= 11 is 0. The van der Waals surface area contributed by atoms with Crippen LogP contribution in [-0.4, -0.2) is 5.11 Å². The van der Waals surface area contributed by atoms with E-state index in [0.717, 1.165) is 6.42 Å². The number of aliphatic hydroxyl groups is 1. The second-order valence-electron chi connectivity index (χ2n) is 1.91. The fourth-order valence-electron chi connectivity index (χ4n) is 0.754. The van der Waals surface area contributed by atoms with Crippen molar-refractivity contribution in [2.45, 2.75) is 12.8 Å². The van der Waals surface area contributed by atoms with E-state index in [1.54, 1.807) is 6.08 Å². The first-order chi connectivity index (χ1) is 4.34. The Balaban J connectivity index is 2.88.